The second-order valence-corrected chi connectivity index (χ2v) is 13.3. The third-order valence-electron chi connectivity index (χ3n) is 10.4. The Hall–Kier alpha value is -6.50. The summed E-state index contributed by atoms with van der Waals surface area (Å²) in [6, 6.07) is 71.4. The van der Waals surface area contributed by atoms with Crippen LogP contribution in [0.3, 0.4) is 0 Å². The highest BCUT2D eigenvalue weighted by Gasteiger charge is 2.20. The Bertz CT molecular complexity index is 2890. The Kier molecular flexibility index (Phi) is 6.60. The van der Waals surface area contributed by atoms with E-state index in [1.54, 1.807) is 0 Å². The lowest BCUT2D eigenvalue weighted by Crippen LogP contribution is -1.94. The predicted molar refractivity (Wildman–Crippen MR) is 216 cm³/mol. The maximum absolute atomic E-state index is 2.42. The SMILES string of the molecule is c1ccc(-c2cc3ccccc3cc2-c2c3ccccc3c(-c3ccc(-c4cccc5ccccc45)cc3)c3cc4ccccc4cc23)cc1. The van der Waals surface area contributed by atoms with Gasteiger partial charge in [-0.05, 0) is 123 Å². The zero-order valence-corrected chi connectivity index (χ0v) is 27.5. The fourth-order valence-corrected chi connectivity index (χ4v) is 8.06. The molecule has 10 aromatic rings. The first-order chi connectivity index (χ1) is 24.8. The molecule has 0 N–H and O–H groups in total. The summed E-state index contributed by atoms with van der Waals surface area (Å²) in [7, 11) is 0. The Labute approximate surface area is 291 Å². The normalized spacial score (nSPS) is 11.6. The van der Waals surface area contributed by atoms with Crippen LogP contribution < -0.4 is 0 Å². The molecular formula is C50H32. The molecule has 0 atom stereocenters. The fourth-order valence-electron chi connectivity index (χ4n) is 8.06. The second-order valence-electron chi connectivity index (χ2n) is 13.3. The molecule has 0 amide bonds. The summed E-state index contributed by atoms with van der Waals surface area (Å²) in [4.78, 5) is 0. The molecule has 0 heteroatoms. The van der Waals surface area contributed by atoms with Crippen LogP contribution in [0.2, 0.25) is 0 Å². The van der Waals surface area contributed by atoms with E-state index < -0.39 is 0 Å². The minimum absolute atomic E-state index is 1.22. The minimum Gasteiger partial charge on any atom is -0.0622 e. The number of hydrogen-bond donors (Lipinski definition) is 0. The highest BCUT2D eigenvalue weighted by Crippen LogP contribution is 2.48. The van der Waals surface area contributed by atoms with E-state index in [0.717, 1.165) is 0 Å². The van der Waals surface area contributed by atoms with Crippen molar-refractivity contribution >= 4 is 53.9 Å². The van der Waals surface area contributed by atoms with Crippen LogP contribution in [0.4, 0.5) is 0 Å². The van der Waals surface area contributed by atoms with Crippen molar-refractivity contribution in [3.8, 4) is 44.5 Å². The maximum Gasteiger partial charge on any atom is -0.00197 e. The minimum atomic E-state index is 1.22. The zero-order chi connectivity index (χ0) is 33.0. The van der Waals surface area contributed by atoms with Gasteiger partial charge in [-0.25, -0.2) is 0 Å². The highest BCUT2D eigenvalue weighted by atomic mass is 14.2. The van der Waals surface area contributed by atoms with Gasteiger partial charge >= 0.3 is 0 Å². The van der Waals surface area contributed by atoms with Gasteiger partial charge < -0.3 is 0 Å². The zero-order valence-electron chi connectivity index (χ0n) is 27.5. The van der Waals surface area contributed by atoms with E-state index >= 15 is 0 Å². The molecule has 0 radical (unpaired) electrons. The van der Waals surface area contributed by atoms with Crippen molar-refractivity contribution < 1.29 is 0 Å². The van der Waals surface area contributed by atoms with Crippen molar-refractivity contribution in [3.63, 3.8) is 0 Å². The highest BCUT2D eigenvalue weighted by molar-refractivity contribution is 6.25. The van der Waals surface area contributed by atoms with Crippen LogP contribution in [0.25, 0.3) is 98.4 Å². The van der Waals surface area contributed by atoms with Gasteiger partial charge in [-0.2, -0.15) is 0 Å². The number of hydrogen-bond acceptors (Lipinski definition) is 0. The number of rotatable bonds is 4. The van der Waals surface area contributed by atoms with Crippen molar-refractivity contribution in [1.82, 2.24) is 0 Å². The lowest BCUT2D eigenvalue weighted by Gasteiger charge is -2.21. The second kappa shape index (κ2) is 11.6. The average molecular weight is 633 g/mol. The molecule has 10 rings (SSSR count). The molecule has 0 saturated carbocycles. The lowest BCUT2D eigenvalue weighted by atomic mass is 9.82. The van der Waals surface area contributed by atoms with Crippen LogP contribution in [-0.4, -0.2) is 0 Å². The molecule has 0 aliphatic rings. The third-order valence-corrected chi connectivity index (χ3v) is 10.4. The molecule has 0 aliphatic heterocycles. The van der Waals surface area contributed by atoms with Gasteiger partial charge in [0, 0.05) is 0 Å². The van der Waals surface area contributed by atoms with Crippen molar-refractivity contribution in [2.45, 2.75) is 0 Å². The van der Waals surface area contributed by atoms with Crippen LogP contribution in [0.15, 0.2) is 194 Å². The maximum atomic E-state index is 2.42. The molecule has 0 aliphatic carbocycles. The Morgan fingerprint density at radius 3 is 1.30 bits per heavy atom. The van der Waals surface area contributed by atoms with Crippen molar-refractivity contribution in [2.24, 2.45) is 0 Å². The van der Waals surface area contributed by atoms with Crippen LogP contribution >= 0.6 is 0 Å². The van der Waals surface area contributed by atoms with E-state index in [1.807, 2.05) is 0 Å². The van der Waals surface area contributed by atoms with Crippen LogP contribution in [0.5, 0.6) is 0 Å². The van der Waals surface area contributed by atoms with E-state index in [2.05, 4.69) is 194 Å². The molecule has 0 saturated heterocycles. The van der Waals surface area contributed by atoms with E-state index in [4.69, 9.17) is 0 Å². The van der Waals surface area contributed by atoms with Gasteiger partial charge in [0.15, 0.2) is 0 Å². The molecule has 10 aromatic carbocycles. The van der Waals surface area contributed by atoms with E-state index in [1.165, 1.54) is 98.4 Å². The van der Waals surface area contributed by atoms with Crippen LogP contribution in [0.1, 0.15) is 0 Å². The summed E-state index contributed by atoms with van der Waals surface area (Å²) in [6.07, 6.45) is 0. The van der Waals surface area contributed by atoms with Gasteiger partial charge in [-0.1, -0.05) is 170 Å². The van der Waals surface area contributed by atoms with Crippen molar-refractivity contribution in [2.75, 3.05) is 0 Å². The summed E-state index contributed by atoms with van der Waals surface area (Å²) < 4.78 is 0. The molecule has 0 unspecified atom stereocenters. The van der Waals surface area contributed by atoms with Crippen LogP contribution in [0, 0.1) is 0 Å². The van der Waals surface area contributed by atoms with Gasteiger partial charge in [0.2, 0.25) is 0 Å². The van der Waals surface area contributed by atoms with Gasteiger partial charge in [0.05, 0.1) is 0 Å². The van der Waals surface area contributed by atoms with Gasteiger partial charge in [-0.3, -0.25) is 0 Å². The van der Waals surface area contributed by atoms with Crippen molar-refractivity contribution in [3.05, 3.63) is 194 Å². The first-order valence-corrected chi connectivity index (χ1v) is 17.3. The topological polar surface area (TPSA) is 0 Å². The summed E-state index contributed by atoms with van der Waals surface area (Å²) in [6.45, 7) is 0. The Morgan fingerprint density at radius 2 is 0.640 bits per heavy atom. The fraction of sp³-hybridized carbons (Fsp3) is 0. The van der Waals surface area contributed by atoms with E-state index in [0.29, 0.717) is 0 Å². The first kappa shape index (κ1) is 28.5. The Morgan fingerprint density at radius 1 is 0.200 bits per heavy atom. The largest absolute Gasteiger partial charge is 0.0622 e. The molecule has 50 heavy (non-hydrogen) atoms. The summed E-state index contributed by atoms with van der Waals surface area (Å²) in [5, 5.41) is 12.6. The molecule has 0 nitrogen and oxygen atoms in total. The predicted octanol–water partition coefficient (Wildman–Crippen LogP) is 14.1. The van der Waals surface area contributed by atoms with Gasteiger partial charge in [0.1, 0.15) is 0 Å². The van der Waals surface area contributed by atoms with Crippen molar-refractivity contribution in [1.29, 1.82) is 0 Å². The molecule has 232 valence electrons. The summed E-state index contributed by atoms with van der Waals surface area (Å²) in [5.74, 6) is 0. The quantitative estimate of drug-likeness (QED) is 0.169. The first-order valence-electron chi connectivity index (χ1n) is 17.3. The molecular weight excluding hydrogens is 601 g/mol. The third kappa shape index (κ3) is 4.61. The molecule has 0 bridgehead atoms. The number of benzene rings is 10. The van der Waals surface area contributed by atoms with E-state index in [9.17, 15) is 0 Å². The van der Waals surface area contributed by atoms with E-state index in [-0.39, 0.29) is 0 Å². The molecule has 0 heterocycles. The summed E-state index contributed by atoms with van der Waals surface area (Å²) >= 11 is 0. The smallest absolute Gasteiger partial charge is 0.00197 e. The molecule has 0 aromatic heterocycles. The molecule has 0 spiro atoms. The van der Waals surface area contributed by atoms with Crippen LogP contribution in [-0.2, 0) is 0 Å². The standard InChI is InChI=1S/C50H32/c1-2-13-34(14-3-1)45-29-37-16-4-5-17-38(37)30-46(45)50-44-23-11-10-22-43(44)49(47-31-39-18-6-7-19-40(39)32-48(47)50)36-27-25-35(26-28-36)42-24-12-20-33-15-8-9-21-41(33)42/h1-32H. The Balaban J connectivity index is 1.29. The average Bonchev–Trinajstić information content (AvgIpc) is 3.19. The van der Waals surface area contributed by atoms with Gasteiger partial charge in [-0.15, -0.1) is 0 Å². The lowest BCUT2D eigenvalue weighted by molar-refractivity contribution is 1.62. The van der Waals surface area contributed by atoms with Gasteiger partial charge in [0.25, 0.3) is 0 Å². The number of fused-ring (bicyclic) bond motifs is 5. The molecule has 0 fully saturated rings. The monoisotopic (exact) mass is 632 g/mol. The summed E-state index contributed by atoms with van der Waals surface area (Å²) in [5.41, 5.74) is 9.98.